The molecule has 1 aromatic carbocycles. The van der Waals surface area contributed by atoms with E-state index >= 15 is 0 Å². The number of nitrogens with one attached hydrogen (secondary N) is 2. The maximum absolute atomic E-state index is 12.1. The molecule has 2 heterocycles. The van der Waals surface area contributed by atoms with Crippen LogP contribution in [0.5, 0.6) is 0 Å². The van der Waals surface area contributed by atoms with Crippen LogP contribution in [0.3, 0.4) is 0 Å². The zero-order valence-electron chi connectivity index (χ0n) is 14.2. The Morgan fingerprint density at radius 1 is 1.38 bits per heavy atom. The van der Waals surface area contributed by atoms with Gasteiger partial charge in [-0.1, -0.05) is 12.1 Å². The highest BCUT2D eigenvalue weighted by molar-refractivity contribution is 5.91. The van der Waals surface area contributed by atoms with Crippen LogP contribution in [0.15, 0.2) is 30.3 Å². The van der Waals surface area contributed by atoms with Gasteiger partial charge in [-0.15, -0.1) is 0 Å². The Bertz CT molecular complexity index is 688. The third-order valence-electron chi connectivity index (χ3n) is 4.10. The highest BCUT2D eigenvalue weighted by Gasteiger charge is 2.16. The number of morpholine rings is 1. The molecule has 0 aliphatic carbocycles. The summed E-state index contributed by atoms with van der Waals surface area (Å²) in [7, 11) is 0. The van der Waals surface area contributed by atoms with Gasteiger partial charge < -0.3 is 15.4 Å². The zero-order chi connectivity index (χ0) is 16.9. The number of aromatic nitrogens is 2. The van der Waals surface area contributed by atoms with Crippen LogP contribution in [0, 0.1) is 13.8 Å². The minimum absolute atomic E-state index is 0.00398. The Hall–Kier alpha value is -2.18. The molecule has 6 heteroatoms. The third kappa shape index (κ3) is 4.43. The summed E-state index contributed by atoms with van der Waals surface area (Å²) in [6, 6.07) is 10.1. The zero-order valence-corrected chi connectivity index (χ0v) is 14.2. The van der Waals surface area contributed by atoms with Crippen molar-refractivity contribution in [2.45, 2.75) is 32.9 Å². The average molecular weight is 328 g/mol. The molecular weight excluding hydrogens is 304 g/mol. The molecule has 3 rings (SSSR count). The summed E-state index contributed by atoms with van der Waals surface area (Å²) in [4.78, 5) is 12.1. The van der Waals surface area contributed by atoms with Crippen LogP contribution < -0.4 is 10.6 Å². The van der Waals surface area contributed by atoms with E-state index in [1.807, 2.05) is 35.9 Å². The molecule has 0 spiro atoms. The number of benzene rings is 1. The summed E-state index contributed by atoms with van der Waals surface area (Å²) < 4.78 is 7.35. The number of rotatable bonds is 5. The van der Waals surface area contributed by atoms with Crippen LogP contribution in [-0.2, 0) is 16.1 Å². The fourth-order valence-electron chi connectivity index (χ4n) is 2.89. The van der Waals surface area contributed by atoms with Gasteiger partial charge in [-0.05, 0) is 37.6 Å². The lowest BCUT2D eigenvalue weighted by molar-refractivity contribution is -0.117. The van der Waals surface area contributed by atoms with Crippen molar-refractivity contribution in [3.63, 3.8) is 0 Å². The Kier molecular flexibility index (Phi) is 5.27. The maximum Gasteiger partial charge on any atom is 0.226 e. The fraction of sp³-hybridized carbons (Fsp3) is 0.444. The first-order chi connectivity index (χ1) is 11.6. The molecule has 1 amide bonds. The first kappa shape index (κ1) is 16.7. The first-order valence-corrected chi connectivity index (χ1v) is 8.31. The van der Waals surface area contributed by atoms with Crippen LogP contribution in [0.2, 0.25) is 0 Å². The van der Waals surface area contributed by atoms with Gasteiger partial charge in [0, 0.05) is 30.4 Å². The first-order valence-electron chi connectivity index (χ1n) is 8.31. The SMILES string of the molecule is Cc1cc(C)n(Cc2ccc(NC(=O)C[C@@H]3COCCN3)cc2)n1. The van der Waals surface area contributed by atoms with Crippen molar-refractivity contribution in [3.05, 3.63) is 47.3 Å². The molecule has 0 bridgehead atoms. The van der Waals surface area contributed by atoms with Crippen molar-refractivity contribution in [2.75, 3.05) is 25.1 Å². The average Bonchev–Trinajstić information content (AvgIpc) is 2.87. The van der Waals surface area contributed by atoms with E-state index in [2.05, 4.69) is 28.7 Å². The number of ether oxygens (including phenoxy) is 1. The number of anilines is 1. The maximum atomic E-state index is 12.1. The molecule has 1 aromatic heterocycles. The van der Waals surface area contributed by atoms with Crippen molar-refractivity contribution in [3.8, 4) is 0 Å². The number of carbonyl (C=O) groups excluding carboxylic acids is 1. The lowest BCUT2D eigenvalue weighted by Crippen LogP contribution is -2.43. The van der Waals surface area contributed by atoms with Gasteiger partial charge in [0.25, 0.3) is 0 Å². The van der Waals surface area contributed by atoms with Gasteiger partial charge in [0.2, 0.25) is 5.91 Å². The molecule has 2 N–H and O–H groups in total. The standard InChI is InChI=1S/C18H24N4O2/c1-13-9-14(2)22(21-13)11-15-3-5-16(6-4-15)20-18(23)10-17-12-24-8-7-19-17/h3-6,9,17,19H,7-8,10-12H2,1-2H3,(H,20,23)/t17-/m1/s1. The fourth-order valence-corrected chi connectivity index (χ4v) is 2.89. The van der Waals surface area contributed by atoms with E-state index in [0.717, 1.165) is 42.3 Å². The topological polar surface area (TPSA) is 68.2 Å². The molecule has 2 aromatic rings. The van der Waals surface area contributed by atoms with Crippen molar-refractivity contribution >= 4 is 11.6 Å². The Labute approximate surface area is 142 Å². The van der Waals surface area contributed by atoms with Gasteiger partial charge in [-0.2, -0.15) is 5.10 Å². The molecule has 0 saturated carbocycles. The molecule has 1 atom stereocenters. The summed E-state index contributed by atoms with van der Waals surface area (Å²) in [6.07, 6.45) is 0.424. The molecule has 128 valence electrons. The third-order valence-corrected chi connectivity index (χ3v) is 4.10. The lowest BCUT2D eigenvalue weighted by atomic mass is 10.1. The Morgan fingerprint density at radius 2 is 2.17 bits per heavy atom. The van der Waals surface area contributed by atoms with E-state index in [9.17, 15) is 4.79 Å². The van der Waals surface area contributed by atoms with Gasteiger partial charge >= 0.3 is 0 Å². The van der Waals surface area contributed by atoms with Crippen molar-refractivity contribution in [1.82, 2.24) is 15.1 Å². The quantitative estimate of drug-likeness (QED) is 0.879. The molecule has 6 nitrogen and oxygen atoms in total. The second kappa shape index (κ2) is 7.59. The van der Waals surface area contributed by atoms with Gasteiger partial charge in [0.15, 0.2) is 0 Å². The van der Waals surface area contributed by atoms with Crippen LogP contribution >= 0.6 is 0 Å². The van der Waals surface area contributed by atoms with E-state index in [-0.39, 0.29) is 11.9 Å². The predicted octanol–water partition coefficient (Wildman–Crippen LogP) is 1.87. The molecule has 1 aliphatic rings. The van der Waals surface area contributed by atoms with E-state index < -0.39 is 0 Å². The smallest absolute Gasteiger partial charge is 0.226 e. The van der Waals surface area contributed by atoms with E-state index in [0.29, 0.717) is 13.0 Å². The summed E-state index contributed by atoms with van der Waals surface area (Å²) >= 11 is 0. The predicted molar refractivity (Wildman–Crippen MR) is 93.1 cm³/mol. The van der Waals surface area contributed by atoms with Crippen molar-refractivity contribution < 1.29 is 9.53 Å². The second-order valence-electron chi connectivity index (χ2n) is 6.26. The molecule has 0 unspecified atom stereocenters. The number of nitrogens with zero attached hydrogens (tertiary/aromatic N) is 2. The van der Waals surface area contributed by atoms with Crippen LogP contribution in [0.25, 0.3) is 0 Å². The van der Waals surface area contributed by atoms with Crippen LogP contribution in [-0.4, -0.2) is 41.5 Å². The summed E-state index contributed by atoms with van der Waals surface area (Å²) in [5, 5.41) is 10.7. The Balaban J connectivity index is 1.54. The van der Waals surface area contributed by atoms with E-state index in [1.165, 1.54) is 0 Å². The highest BCUT2D eigenvalue weighted by Crippen LogP contribution is 2.13. The monoisotopic (exact) mass is 328 g/mol. The lowest BCUT2D eigenvalue weighted by Gasteiger charge is -2.23. The highest BCUT2D eigenvalue weighted by atomic mass is 16.5. The largest absolute Gasteiger partial charge is 0.378 e. The molecule has 1 aliphatic heterocycles. The van der Waals surface area contributed by atoms with Gasteiger partial charge in [-0.3, -0.25) is 9.48 Å². The number of hydrogen-bond donors (Lipinski definition) is 2. The number of hydrogen-bond acceptors (Lipinski definition) is 4. The number of aryl methyl sites for hydroxylation is 2. The van der Waals surface area contributed by atoms with Crippen LogP contribution in [0.4, 0.5) is 5.69 Å². The van der Waals surface area contributed by atoms with E-state index in [1.54, 1.807) is 0 Å². The van der Waals surface area contributed by atoms with Crippen LogP contribution in [0.1, 0.15) is 23.4 Å². The Morgan fingerprint density at radius 3 is 2.79 bits per heavy atom. The normalized spacial score (nSPS) is 17.7. The van der Waals surface area contributed by atoms with E-state index in [4.69, 9.17) is 4.74 Å². The van der Waals surface area contributed by atoms with Crippen molar-refractivity contribution in [2.24, 2.45) is 0 Å². The van der Waals surface area contributed by atoms with Gasteiger partial charge in [0.1, 0.15) is 0 Å². The summed E-state index contributed by atoms with van der Waals surface area (Å²) in [5.41, 5.74) is 4.14. The van der Waals surface area contributed by atoms with Crippen molar-refractivity contribution in [1.29, 1.82) is 0 Å². The minimum atomic E-state index is 0.00398. The number of amides is 1. The molecular formula is C18H24N4O2. The molecule has 0 radical (unpaired) electrons. The second-order valence-corrected chi connectivity index (χ2v) is 6.26. The minimum Gasteiger partial charge on any atom is -0.378 e. The molecule has 1 saturated heterocycles. The molecule has 24 heavy (non-hydrogen) atoms. The summed E-state index contributed by atoms with van der Waals surface area (Å²) in [6.45, 7) is 6.89. The number of carbonyl (C=O) groups is 1. The summed E-state index contributed by atoms with van der Waals surface area (Å²) in [5.74, 6) is 0.00398. The molecule has 1 fully saturated rings. The van der Waals surface area contributed by atoms with Gasteiger partial charge in [-0.25, -0.2) is 0 Å². The van der Waals surface area contributed by atoms with Gasteiger partial charge in [0.05, 0.1) is 25.5 Å².